The van der Waals surface area contributed by atoms with Crippen LogP contribution >= 0.6 is 0 Å². The van der Waals surface area contributed by atoms with E-state index in [-0.39, 0.29) is 23.7 Å². The number of likely N-dealkylation sites (tertiary alicyclic amines) is 1. The molecule has 3 aliphatic rings. The van der Waals surface area contributed by atoms with Gasteiger partial charge < -0.3 is 9.64 Å². The molecule has 0 bridgehead atoms. The van der Waals surface area contributed by atoms with Crippen LogP contribution in [0.25, 0.3) is 0 Å². The van der Waals surface area contributed by atoms with E-state index in [4.69, 9.17) is 4.74 Å². The zero-order chi connectivity index (χ0) is 17.1. The Balaban J connectivity index is 1.57. The number of hydrogen-bond donors (Lipinski definition) is 1. The Morgan fingerprint density at radius 2 is 1.92 bits per heavy atom. The number of carbonyl (C=O) groups excluding carboxylic acids is 1. The smallest absolute Gasteiger partial charge is 0.275 e. The molecule has 1 aromatic heterocycles. The highest BCUT2D eigenvalue weighted by Crippen LogP contribution is 2.49. The van der Waals surface area contributed by atoms with Crippen molar-refractivity contribution in [2.45, 2.75) is 84.0 Å². The van der Waals surface area contributed by atoms with Gasteiger partial charge in [-0.3, -0.25) is 9.89 Å². The molecule has 0 unspecified atom stereocenters. The van der Waals surface area contributed by atoms with Gasteiger partial charge >= 0.3 is 0 Å². The first-order valence-corrected chi connectivity index (χ1v) is 9.36. The van der Waals surface area contributed by atoms with E-state index in [1.165, 1.54) is 12.8 Å². The zero-order valence-corrected chi connectivity index (χ0v) is 15.3. The standard InChI is InChI=1S/C19H29N3O2/c1-12-11-14-15(13(2)24-12)20-21-16(14)17(23)22-10-9-19(22)7-5-18(3,4)6-8-19/h12-13H,5-11H2,1-4H3,(H,20,21)/t12-,13+/m1/s1. The second-order valence-electron chi connectivity index (χ2n) is 8.85. The summed E-state index contributed by atoms with van der Waals surface area (Å²) >= 11 is 0. The second kappa shape index (κ2) is 5.32. The Bertz CT molecular complexity index is 654. The maximum Gasteiger partial charge on any atom is 0.275 e. The third-order valence-corrected chi connectivity index (χ3v) is 6.59. The average molecular weight is 331 g/mol. The molecule has 132 valence electrons. The van der Waals surface area contributed by atoms with Crippen molar-refractivity contribution in [3.63, 3.8) is 0 Å². The Hall–Kier alpha value is -1.36. The summed E-state index contributed by atoms with van der Waals surface area (Å²) in [6.07, 6.45) is 6.72. The van der Waals surface area contributed by atoms with Crippen LogP contribution < -0.4 is 0 Å². The average Bonchev–Trinajstić information content (AvgIpc) is 2.90. The molecule has 1 saturated heterocycles. The maximum absolute atomic E-state index is 13.2. The van der Waals surface area contributed by atoms with Gasteiger partial charge in [0.05, 0.1) is 17.9 Å². The number of rotatable bonds is 1. The SMILES string of the molecule is C[C@@H]1Cc2c(C(=O)N3CCC34CCC(C)(C)CC4)n[nH]c2[C@H](C)O1. The van der Waals surface area contributed by atoms with E-state index in [1.807, 2.05) is 6.92 Å². The van der Waals surface area contributed by atoms with E-state index in [1.54, 1.807) is 0 Å². The molecule has 1 spiro atoms. The predicted octanol–water partition coefficient (Wildman–Crippen LogP) is 3.62. The fourth-order valence-corrected chi connectivity index (χ4v) is 4.75. The van der Waals surface area contributed by atoms with Crippen LogP contribution in [-0.2, 0) is 11.2 Å². The summed E-state index contributed by atoms with van der Waals surface area (Å²) in [6, 6.07) is 0. The molecule has 2 atom stereocenters. The van der Waals surface area contributed by atoms with Crippen LogP contribution in [0.2, 0.25) is 0 Å². The number of nitrogens with one attached hydrogen (secondary N) is 1. The lowest BCUT2D eigenvalue weighted by molar-refractivity contribution is -0.0425. The Kier molecular flexibility index (Phi) is 3.57. The highest BCUT2D eigenvalue weighted by molar-refractivity contribution is 5.95. The van der Waals surface area contributed by atoms with Gasteiger partial charge in [-0.15, -0.1) is 0 Å². The van der Waals surface area contributed by atoms with E-state index in [0.29, 0.717) is 11.1 Å². The van der Waals surface area contributed by atoms with E-state index in [9.17, 15) is 4.79 Å². The molecule has 3 heterocycles. The minimum atomic E-state index is -0.0152. The summed E-state index contributed by atoms with van der Waals surface area (Å²) in [4.78, 5) is 15.3. The molecule has 4 rings (SSSR count). The molecule has 2 fully saturated rings. The molecule has 0 radical (unpaired) electrons. The summed E-state index contributed by atoms with van der Waals surface area (Å²) < 4.78 is 5.84. The Morgan fingerprint density at radius 1 is 1.21 bits per heavy atom. The molecule has 1 amide bonds. The summed E-state index contributed by atoms with van der Waals surface area (Å²) in [5.74, 6) is 0.125. The minimum Gasteiger partial charge on any atom is -0.369 e. The van der Waals surface area contributed by atoms with Crippen molar-refractivity contribution in [2.24, 2.45) is 5.41 Å². The topological polar surface area (TPSA) is 58.2 Å². The Morgan fingerprint density at radius 3 is 2.54 bits per heavy atom. The first kappa shape index (κ1) is 16.1. The van der Waals surface area contributed by atoms with Crippen LogP contribution in [0.4, 0.5) is 0 Å². The van der Waals surface area contributed by atoms with Crippen LogP contribution in [-0.4, -0.2) is 39.2 Å². The number of amides is 1. The van der Waals surface area contributed by atoms with Crippen molar-refractivity contribution in [3.8, 4) is 0 Å². The lowest BCUT2D eigenvalue weighted by Crippen LogP contribution is -2.63. The fourth-order valence-electron chi connectivity index (χ4n) is 4.75. The molecule has 2 aliphatic heterocycles. The molecular formula is C19H29N3O2. The van der Waals surface area contributed by atoms with Crippen molar-refractivity contribution in [2.75, 3.05) is 6.54 Å². The van der Waals surface area contributed by atoms with Crippen molar-refractivity contribution in [1.29, 1.82) is 0 Å². The van der Waals surface area contributed by atoms with Crippen molar-refractivity contribution in [3.05, 3.63) is 17.0 Å². The zero-order valence-electron chi connectivity index (χ0n) is 15.3. The summed E-state index contributed by atoms with van der Waals surface area (Å²) in [7, 11) is 0. The number of carbonyl (C=O) groups is 1. The molecule has 24 heavy (non-hydrogen) atoms. The molecule has 1 saturated carbocycles. The molecular weight excluding hydrogens is 302 g/mol. The van der Waals surface area contributed by atoms with Crippen molar-refractivity contribution < 1.29 is 9.53 Å². The van der Waals surface area contributed by atoms with Gasteiger partial charge in [-0.05, 0) is 51.4 Å². The van der Waals surface area contributed by atoms with Gasteiger partial charge in [-0.25, -0.2) is 0 Å². The third kappa shape index (κ3) is 2.40. The van der Waals surface area contributed by atoms with Crippen LogP contribution in [0.1, 0.15) is 87.6 Å². The fraction of sp³-hybridized carbons (Fsp3) is 0.789. The van der Waals surface area contributed by atoms with Crippen LogP contribution in [0.15, 0.2) is 0 Å². The number of fused-ring (bicyclic) bond motifs is 1. The highest BCUT2D eigenvalue weighted by atomic mass is 16.5. The summed E-state index contributed by atoms with van der Waals surface area (Å²) in [5.41, 5.74) is 3.21. The van der Waals surface area contributed by atoms with Gasteiger partial charge in [0, 0.05) is 24.1 Å². The quantitative estimate of drug-likeness (QED) is 0.855. The van der Waals surface area contributed by atoms with E-state index in [0.717, 1.165) is 43.5 Å². The normalized spacial score (nSPS) is 30.8. The van der Waals surface area contributed by atoms with Crippen LogP contribution in [0.5, 0.6) is 0 Å². The minimum absolute atomic E-state index is 0.0152. The van der Waals surface area contributed by atoms with E-state index >= 15 is 0 Å². The van der Waals surface area contributed by atoms with Crippen molar-refractivity contribution >= 4 is 5.91 Å². The molecule has 1 aromatic rings. The lowest BCUT2D eigenvalue weighted by Gasteiger charge is -2.57. The van der Waals surface area contributed by atoms with Gasteiger partial charge in [0.25, 0.3) is 5.91 Å². The number of aromatic amines is 1. The third-order valence-electron chi connectivity index (χ3n) is 6.59. The number of hydrogen-bond acceptors (Lipinski definition) is 3. The van der Waals surface area contributed by atoms with Gasteiger partial charge in [-0.1, -0.05) is 13.8 Å². The maximum atomic E-state index is 13.2. The first-order valence-electron chi connectivity index (χ1n) is 9.36. The first-order chi connectivity index (χ1) is 11.3. The lowest BCUT2D eigenvalue weighted by atomic mass is 9.64. The van der Waals surface area contributed by atoms with E-state index in [2.05, 4.69) is 35.9 Å². The van der Waals surface area contributed by atoms with E-state index < -0.39 is 0 Å². The van der Waals surface area contributed by atoms with Crippen LogP contribution in [0.3, 0.4) is 0 Å². The number of aromatic nitrogens is 2. The number of ether oxygens (including phenoxy) is 1. The number of H-pyrrole nitrogens is 1. The van der Waals surface area contributed by atoms with Gasteiger partial charge in [-0.2, -0.15) is 5.10 Å². The summed E-state index contributed by atoms with van der Waals surface area (Å²) in [5, 5.41) is 7.46. The Labute approximate surface area is 144 Å². The molecule has 0 aromatic carbocycles. The largest absolute Gasteiger partial charge is 0.369 e. The van der Waals surface area contributed by atoms with Gasteiger partial charge in [0.1, 0.15) is 0 Å². The predicted molar refractivity (Wildman–Crippen MR) is 91.9 cm³/mol. The molecule has 5 nitrogen and oxygen atoms in total. The van der Waals surface area contributed by atoms with Crippen LogP contribution in [0, 0.1) is 5.41 Å². The number of nitrogens with zero attached hydrogens (tertiary/aromatic N) is 2. The van der Waals surface area contributed by atoms with Gasteiger partial charge in [0.2, 0.25) is 0 Å². The highest BCUT2D eigenvalue weighted by Gasteiger charge is 2.51. The molecule has 1 N–H and O–H groups in total. The monoisotopic (exact) mass is 331 g/mol. The molecule has 1 aliphatic carbocycles. The van der Waals surface area contributed by atoms with Crippen molar-refractivity contribution in [1.82, 2.24) is 15.1 Å². The summed E-state index contributed by atoms with van der Waals surface area (Å²) in [6.45, 7) is 9.65. The van der Waals surface area contributed by atoms with Gasteiger partial charge in [0.15, 0.2) is 5.69 Å². The second-order valence-corrected chi connectivity index (χ2v) is 8.85. The molecule has 5 heteroatoms.